The number of carbonyl (C=O) groups is 4. The quantitative estimate of drug-likeness (QED) is 0.219. The van der Waals surface area contributed by atoms with Crippen LogP contribution in [0.25, 0.3) is 0 Å². The molecule has 0 radical (unpaired) electrons. The summed E-state index contributed by atoms with van der Waals surface area (Å²) < 4.78 is 34.6. The highest BCUT2D eigenvalue weighted by molar-refractivity contribution is 7.90. The number of morpholine rings is 1. The van der Waals surface area contributed by atoms with Gasteiger partial charge in [-0.05, 0) is 56.7 Å². The Hall–Kier alpha value is -2.73. The molecule has 1 aliphatic carbocycles. The third kappa shape index (κ3) is 9.63. The molecule has 236 valence electrons. The lowest BCUT2D eigenvalue weighted by molar-refractivity contribution is -0.134. The number of sulfone groups is 1. The third-order valence-corrected chi connectivity index (χ3v) is 9.67. The second-order valence-electron chi connectivity index (χ2n) is 12.4. The minimum absolute atomic E-state index is 0.0398. The first-order valence-corrected chi connectivity index (χ1v) is 17.0. The van der Waals surface area contributed by atoms with Crippen LogP contribution in [-0.2, 0) is 44.9 Å². The molecule has 1 aromatic carbocycles. The van der Waals surface area contributed by atoms with E-state index in [0.29, 0.717) is 44.9 Å². The van der Waals surface area contributed by atoms with Gasteiger partial charge in [-0.3, -0.25) is 24.1 Å². The number of Topliss-reactive ketones (excluding diaryl/α,β-unsaturated/α-hetero) is 3. The Kier molecular flexibility index (Phi) is 11.1. The number of ether oxygens (including phenoxy) is 2. The average molecular weight is 617 g/mol. The first-order chi connectivity index (χ1) is 20.3. The number of hydrogen-bond acceptors (Lipinski definition) is 9. The second kappa shape index (κ2) is 14.4. The van der Waals surface area contributed by atoms with E-state index < -0.39 is 39.2 Å². The molecule has 1 aromatic rings. The Morgan fingerprint density at radius 1 is 1.05 bits per heavy atom. The first kappa shape index (κ1) is 33.2. The Morgan fingerprint density at radius 3 is 2.30 bits per heavy atom. The zero-order chi connectivity index (χ0) is 31.2. The molecule has 2 fully saturated rings. The minimum Gasteiger partial charge on any atom is -0.379 e. The lowest BCUT2D eigenvalue weighted by Gasteiger charge is -2.26. The van der Waals surface area contributed by atoms with Gasteiger partial charge in [0, 0.05) is 44.0 Å². The van der Waals surface area contributed by atoms with Crippen molar-refractivity contribution in [1.29, 1.82) is 0 Å². The van der Waals surface area contributed by atoms with Gasteiger partial charge < -0.3 is 14.8 Å². The summed E-state index contributed by atoms with van der Waals surface area (Å²) in [5.74, 6) is -2.08. The molecule has 2 heterocycles. The van der Waals surface area contributed by atoms with E-state index in [4.69, 9.17) is 9.47 Å². The second-order valence-corrected chi connectivity index (χ2v) is 14.4. The smallest absolute Gasteiger partial charge is 0.223 e. The molecule has 0 unspecified atom stereocenters. The summed E-state index contributed by atoms with van der Waals surface area (Å²) in [5, 5.41) is 2.86. The van der Waals surface area contributed by atoms with E-state index in [-0.39, 0.29) is 48.1 Å². The van der Waals surface area contributed by atoms with E-state index in [2.05, 4.69) is 11.4 Å². The van der Waals surface area contributed by atoms with Crippen molar-refractivity contribution in [2.75, 3.05) is 45.7 Å². The molecule has 0 bridgehead atoms. The predicted molar refractivity (Wildman–Crippen MR) is 160 cm³/mol. The fourth-order valence-electron chi connectivity index (χ4n) is 5.74. The number of nitrogens with zero attached hydrogens (tertiary/aromatic N) is 1. The molecule has 0 saturated carbocycles. The minimum atomic E-state index is -3.40. The molecular weight excluding hydrogens is 572 g/mol. The van der Waals surface area contributed by atoms with E-state index in [9.17, 15) is 27.6 Å². The fourth-order valence-corrected chi connectivity index (χ4v) is 6.37. The largest absolute Gasteiger partial charge is 0.379 e. The van der Waals surface area contributed by atoms with Gasteiger partial charge in [0.2, 0.25) is 5.91 Å². The zero-order valence-corrected chi connectivity index (χ0v) is 26.2. The summed E-state index contributed by atoms with van der Waals surface area (Å²) in [5.41, 5.74) is 0.959. The molecule has 1 amide bonds. The average Bonchev–Trinajstić information content (AvgIpc) is 3.50. The zero-order valence-electron chi connectivity index (χ0n) is 25.4. The standard InChI is InChI=1S/C32H44N2O8S/c1-22(16-26(35)20-34-12-14-41-15-13-34)31(38)33-28(18-24-8-10-27(11-9-24)43(3,39)40)29(36)19-25(17-23-6-4-5-7-23)30(37)32(2)21-42-32/h6,8-11,22,25,28H,4-5,7,12-21H2,1-3H3,(H,33,38)/t22-,25-,28+,32-/m1/s1. The van der Waals surface area contributed by atoms with Crippen molar-refractivity contribution >= 4 is 33.1 Å². The Balaban J connectivity index is 1.47. The lowest BCUT2D eigenvalue weighted by Crippen LogP contribution is -2.46. The fraction of sp³-hybridized carbons (Fsp3) is 0.625. The van der Waals surface area contributed by atoms with Crippen LogP contribution in [0, 0.1) is 11.8 Å². The molecule has 43 heavy (non-hydrogen) atoms. The number of rotatable bonds is 16. The molecule has 3 aliphatic rings. The lowest BCUT2D eigenvalue weighted by atomic mass is 9.83. The molecule has 4 rings (SSSR count). The van der Waals surface area contributed by atoms with Crippen LogP contribution >= 0.6 is 0 Å². The van der Waals surface area contributed by atoms with Gasteiger partial charge in [-0.25, -0.2) is 8.42 Å². The van der Waals surface area contributed by atoms with E-state index in [0.717, 1.165) is 25.5 Å². The summed E-state index contributed by atoms with van der Waals surface area (Å²) in [6, 6.07) is 5.26. The van der Waals surface area contributed by atoms with Gasteiger partial charge >= 0.3 is 0 Å². The molecule has 4 atom stereocenters. The molecule has 1 N–H and O–H groups in total. The number of epoxide rings is 1. The van der Waals surface area contributed by atoms with Crippen molar-refractivity contribution in [1.82, 2.24) is 10.2 Å². The van der Waals surface area contributed by atoms with Crippen LogP contribution < -0.4 is 5.32 Å². The first-order valence-electron chi connectivity index (χ1n) is 15.1. The van der Waals surface area contributed by atoms with E-state index >= 15 is 0 Å². The Morgan fingerprint density at radius 2 is 1.72 bits per heavy atom. The molecule has 0 aromatic heterocycles. The molecule has 11 heteroatoms. The summed E-state index contributed by atoms with van der Waals surface area (Å²) in [6.45, 7) is 6.47. The van der Waals surface area contributed by atoms with Gasteiger partial charge in [0.15, 0.2) is 21.4 Å². The van der Waals surface area contributed by atoms with Crippen LogP contribution in [0.3, 0.4) is 0 Å². The van der Waals surface area contributed by atoms with Gasteiger partial charge in [-0.1, -0.05) is 30.7 Å². The van der Waals surface area contributed by atoms with Gasteiger partial charge in [-0.2, -0.15) is 0 Å². The van der Waals surface area contributed by atoms with Crippen molar-refractivity contribution in [2.45, 2.75) is 75.3 Å². The van der Waals surface area contributed by atoms with Crippen molar-refractivity contribution in [2.24, 2.45) is 11.8 Å². The summed E-state index contributed by atoms with van der Waals surface area (Å²) >= 11 is 0. The maximum Gasteiger partial charge on any atom is 0.223 e. The molecule has 2 aliphatic heterocycles. The number of ketones is 3. The van der Waals surface area contributed by atoms with Gasteiger partial charge in [-0.15, -0.1) is 0 Å². The summed E-state index contributed by atoms with van der Waals surface area (Å²) in [4.78, 5) is 55.4. The Labute approximate surface area is 254 Å². The van der Waals surface area contributed by atoms with Crippen LogP contribution in [-0.4, -0.2) is 93.9 Å². The summed E-state index contributed by atoms with van der Waals surface area (Å²) in [6.07, 6.45) is 6.75. The maximum absolute atomic E-state index is 13.8. The van der Waals surface area contributed by atoms with Crippen LogP contribution in [0.2, 0.25) is 0 Å². The van der Waals surface area contributed by atoms with Crippen molar-refractivity contribution in [3.8, 4) is 0 Å². The number of benzene rings is 1. The Bertz CT molecular complexity index is 1330. The van der Waals surface area contributed by atoms with Crippen LogP contribution in [0.15, 0.2) is 40.8 Å². The van der Waals surface area contributed by atoms with Crippen molar-refractivity contribution < 1.29 is 37.1 Å². The highest BCUT2D eigenvalue weighted by atomic mass is 32.2. The SMILES string of the molecule is C[C@H](CC(=O)CN1CCOCC1)C(=O)N[C@@H](Cc1ccc(S(C)(=O)=O)cc1)C(=O)C[C@@H](CC1=CCCC1)C(=O)[C@@]1(C)CO1. The highest BCUT2D eigenvalue weighted by Gasteiger charge is 2.50. The number of nitrogens with one attached hydrogen (secondary N) is 1. The monoisotopic (exact) mass is 616 g/mol. The normalized spacial score (nSPS) is 22.7. The molecule has 0 spiro atoms. The van der Waals surface area contributed by atoms with E-state index in [1.165, 1.54) is 17.7 Å². The van der Waals surface area contributed by atoms with Crippen LogP contribution in [0.1, 0.15) is 57.9 Å². The van der Waals surface area contributed by atoms with Crippen LogP contribution in [0.5, 0.6) is 0 Å². The topological polar surface area (TPSA) is 139 Å². The molecule has 10 nitrogen and oxygen atoms in total. The predicted octanol–water partition coefficient (Wildman–Crippen LogP) is 2.48. The van der Waals surface area contributed by atoms with Crippen molar-refractivity contribution in [3.63, 3.8) is 0 Å². The van der Waals surface area contributed by atoms with E-state index in [1.807, 2.05) is 4.90 Å². The van der Waals surface area contributed by atoms with Crippen molar-refractivity contribution in [3.05, 3.63) is 41.5 Å². The van der Waals surface area contributed by atoms with Crippen LogP contribution in [0.4, 0.5) is 0 Å². The molecule has 2 saturated heterocycles. The number of allylic oxidation sites excluding steroid dienone is 2. The molecular formula is C32H44N2O8S. The van der Waals surface area contributed by atoms with E-state index in [1.54, 1.807) is 26.0 Å². The number of carbonyl (C=O) groups excluding carboxylic acids is 4. The highest BCUT2D eigenvalue weighted by Crippen LogP contribution is 2.35. The third-order valence-electron chi connectivity index (χ3n) is 8.54. The van der Waals surface area contributed by atoms with Gasteiger partial charge in [0.25, 0.3) is 0 Å². The van der Waals surface area contributed by atoms with Gasteiger partial charge in [0.1, 0.15) is 11.4 Å². The van der Waals surface area contributed by atoms with Gasteiger partial charge in [0.05, 0.1) is 37.3 Å². The number of hydrogen-bond donors (Lipinski definition) is 1. The maximum atomic E-state index is 13.8. The number of amides is 1. The summed E-state index contributed by atoms with van der Waals surface area (Å²) in [7, 11) is -3.40.